The monoisotopic (exact) mass is 270 g/mol. The zero-order valence-electron chi connectivity index (χ0n) is 11.2. The van der Waals surface area contributed by atoms with Crippen LogP contribution >= 0.6 is 0 Å². The first-order valence-corrected chi connectivity index (χ1v) is 6.02. The highest BCUT2D eigenvalue weighted by Gasteiger charge is 2.08. The van der Waals surface area contributed by atoms with E-state index in [9.17, 15) is 9.59 Å². The van der Waals surface area contributed by atoms with E-state index in [1.54, 1.807) is 36.4 Å². The molecule has 2 rings (SSSR count). The molecule has 1 amide bonds. The molecule has 0 spiro atoms. The maximum Gasteiger partial charge on any atom is 0.257 e. The number of hydrogen-bond donors (Lipinski definition) is 1. The molecular weight excluding hydrogens is 256 g/mol. The van der Waals surface area contributed by atoms with Gasteiger partial charge in [0.25, 0.3) is 5.91 Å². The molecule has 2 aromatic rings. The number of nitrogens with one attached hydrogen (secondary N) is 1. The predicted octanol–water partition coefficient (Wildman–Crippen LogP) is 2.55. The van der Waals surface area contributed by atoms with Crippen molar-refractivity contribution in [2.75, 3.05) is 12.4 Å². The Bertz CT molecular complexity index is 636. The fraction of sp³-hybridized carbons (Fsp3) is 0.133. The van der Waals surface area contributed by atoms with E-state index in [1.165, 1.54) is 20.2 Å². The number of rotatable bonds is 4. The molecule has 1 heterocycles. The quantitative estimate of drug-likeness (QED) is 0.867. The van der Waals surface area contributed by atoms with E-state index in [0.717, 1.165) is 0 Å². The summed E-state index contributed by atoms with van der Waals surface area (Å²) in [5.41, 5.74) is 1.54. The Morgan fingerprint density at radius 3 is 2.55 bits per heavy atom. The van der Waals surface area contributed by atoms with Crippen molar-refractivity contribution in [1.82, 2.24) is 4.98 Å². The van der Waals surface area contributed by atoms with E-state index in [4.69, 9.17) is 4.74 Å². The highest BCUT2D eigenvalue weighted by atomic mass is 16.5. The Hall–Kier alpha value is -2.69. The van der Waals surface area contributed by atoms with Crippen molar-refractivity contribution in [2.45, 2.75) is 6.92 Å². The molecule has 102 valence electrons. The molecule has 0 atom stereocenters. The molecule has 5 nitrogen and oxygen atoms in total. The van der Waals surface area contributed by atoms with Crippen molar-refractivity contribution in [3.8, 4) is 5.88 Å². The van der Waals surface area contributed by atoms with Crippen molar-refractivity contribution in [3.63, 3.8) is 0 Å². The summed E-state index contributed by atoms with van der Waals surface area (Å²) in [6.45, 7) is 1.48. The van der Waals surface area contributed by atoms with E-state index < -0.39 is 0 Å². The fourth-order valence-corrected chi connectivity index (χ4v) is 1.65. The molecule has 0 saturated heterocycles. The Balaban J connectivity index is 2.14. The van der Waals surface area contributed by atoms with Gasteiger partial charge < -0.3 is 10.1 Å². The van der Waals surface area contributed by atoms with Crippen molar-refractivity contribution >= 4 is 17.4 Å². The molecule has 0 fully saturated rings. The molecule has 0 aliphatic heterocycles. The lowest BCUT2D eigenvalue weighted by Crippen LogP contribution is -2.12. The smallest absolute Gasteiger partial charge is 0.257 e. The second-order valence-electron chi connectivity index (χ2n) is 4.18. The van der Waals surface area contributed by atoms with Gasteiger partial charge in [0.15, 0.2) is 5.78 Å². The van der Waals surface area contributed by atoms with Gasteiger partial charge in [0.1, 0.15) is 0 Å². The maximum absolute atomic E-state index is 12.0. The van der Waals surface area contributed by atoms with E-state index in [1.807, 2.05) is 0 Å². The normalized spacial score (nSPS) is 9.90. The number of ether oxygens (including phenoxy) is 1. The Kier molecular flexibility index (Phi) is 4.10. The van der Waals surface area contributed by atoms with Gasteiger partial charge in [0, 0.05) is 23.5 Å². The van der Waals surface area contributed by atoms with E-state index in [0.29, 0.717) is 22.7 Å². The van der Waals surface area contributed by atoms with E-state index >= 15 is 0 Å². The number of nitrogens with zero attached hydrogens (tertiary/aromatic N) is 1. The second-order valence-corrected chi connectivity index (χ2v) is 4.18. The fourth-order valence-electron chi connectivity index (χ4n) is 1.65. The van der Waals surface area contributed by atoms with Crippen molar-refractivity contribution in [2.24, 2.45) is 0 Å². The summed E-state index contributed by atoms with van der Waals surface area (Å²) < 4.78 is 4.93. The highest BCUT2D eigenvalue weighted by Crippen LogP contribution is 2.13. The molecule has 0 bridgehead atoms. The van der Waals surface area contributed by atoms with E-state index in [-0.39, 0.29) is 11.7 Å². The topological polar surface area (TPSA) is 68.3 Å². The Labute approximate surface area is 116 Å². The molecule has 20 heavy (non-hydrogen) atoms. The van der Waals surface area contributed by atoms with Crippen LogP contribution in [0.25, 0.3) is 0 Å². The molecule has 1 N–H and O–H groups in total. The third-order valence-electron chi connectivity index (χ3n) is 2.73. The zero-order chi connectivity index (χ0) is 14.5. The van der Waals surface area contributed by atoms with Crippen LogP contribution in [0.3, 0.4) is 0 Å². The predicted molar refractivity (Wildman–Crippen MR) is 75.2 cm³/mol. The molecule has 1 aromatic carbocycles. The summed E-state index contributed by atoms with van der Waals surface area (Å²) in [5.74, 6) is 0.105. The first-order chi connectivity index (χ1) is 9.60. The minimum atomic E-state index is -0.291. The van der Waals surface area contributed by atoms with Gasteiger partial charge >= 0.3 is 0 Å². The van der Waals surface area contributed by atoms with Gasteiger partial charge in [-0.25, -0.2) is 4.98 Å². The highest BCUT2D eigenvalue weighted by molar-refractivity contribution is 6.05. The number of aromatic nitrogens is 1. The van der Waals surface area contributed by atoms with Gasteiger partial charge in [-0.05, 0) is 25.1 Å². The number of Topliss-reactive ketones (excluding diaryl/α,β-unsaturated/α-hetero) is 1. The third-order valence-corrected chi connectivity index (χ3v) is 2.73. The first-order valence-electron chi connectivity index (χ1n) is 6.02. The molecule has 0 saturated carbocycles. The molecular formula is C15H14N2O3. The largest absolute Gasteiger partial charge is 0.481 e. The minimum absolute atomic E-state index is 0.0489. The number of benzene rings is 1. The molecule has 5 heteroatoms. The number of carbonyl (C=O) groups excluding carboxylic acids is 2. The van der Waals surface area contributed by atoms with E-state index in [2.05, 4.69) is 10.3 Å². The number of hydrogen-bond acceptors (Lipinski definition) is 4. The summed E-state index contributed by atoms with van der Waals surface area (Å²) in [6, 6.07) is 10.0. The van der Waals surface area contributed by atoms with Crippen LogP contribution in [0.2, 0.25) is 0 Å². The lowest BCUT2D eigenvalue weighted by Gasteiger charge is -2.06. The van der Waals surface area contributed by atoms with Gasteiger partial charge in [-0.2, -0.15) is 0 Å². The summed E-state index contributed by atoms with van der Waals surface area (Å²) in [6.07, 6.45) is 1.43. The summed E-state index contributed by atoms with van der Waals surface area (Å²) >= 11 is 0. The molecule has 0 aliphatic rings. The van der Waals surface area contributed by atoms with Crippen LogP contribution in [0.4, 0.5) is 5.69 Å². The minimum Gasteiger partial charge on any atom is -0.481 e. The standard InChI is InChI=1S/C15H14N2O3/c1-10(18)11-4-3-5-13(8-11)17-15(19)12-6-7-14(20-2)16-9-12/h3-9H,1-2H3,(H,17,19). The number of anilines is 1. The molecule has 0 unspecified atom stereocenters. The Morgan fingerprint density at radius 2 is 1.95 bits per heavy atom. The summed E-state index contributed by atoms with van der Waals surface area (Å²) in [4.78, 5) is 27.3. The number of amides is 1. The van der Waals surface area contributed by atoms with Crippen LogP contribution in [-0.4, -0.2) is 23.8 Å². The van der Waals surface area contributed by atoms with Crippen molar-refractivity contribution in [3.05, 3.63) is 53.7 Å². The SMILES string of the molecule is COc1ccc(C(=O)Nc2cccc(C(C)=O)c2)cn1. The van der Waals surface area contributed by atoms with Crippen LogP contribution in [-0.2, 0) is 0 Å². The number of methoxy groups -OCH3 is 1. The first kappa shape index (κ1) is 13.7. The van der Waals surface area contributed by atoms with Gasteiger partial charge in [-0.15, -0.1) is 0 Å². The lowest BCUT2D eigenvalue weighted by molar-refractivity contribution is 0.101. The van der Waals surface area contributed by atoms with Gasteiger partial charge in [0.2, 0.25) is 5.88 Å². The Morgan fingerprint density at radius 1 is 1.15 bits per heavy atom. The number of carbonyl (C=O) groups is 2. The van der Waals surface area contributed by atoms with Crippen LogP contribution < -0.4 is 10.1 Å². The third kappa shape index (κ3) is 3.20. The van der Waals surface area contributed by atoms with Gasteiger partial charge in [-0.1, -0.05) is 12.1 Å². The molecule has 0 radical (unpaired) electrons. The van der Waals surface area contributed by atoms with Crippen molar-refractivity contribution in [1.29, 1.82) is 0 Å². The summed E-state index contributed by atoms with van der Waals surface area (Å²) in [7, 11) is 1.51. The lowest BCUT2D eigenvalue weighted by atomic mass is 10.1. The second kappa shape index (κ2) is 5.97. The maximum atomic E-state index is 12.0. The van der Waals surface area contributed by atoms with Crippen LogP contribution in [0, 0.1) is 0 Å². The average Bonchev–Trinajstić information content (AvgIpc) is 2.47. The molecule has 1 aromatic heterocycles. The number of ketones is 1. The van der Waals surface area contributed by atoms with Crippen LogP contribution in [0.5, 0.6) is 5.88 Å². The van der Waals surface area contributed by atoms with Crippen LogP contribution in [0.1, 0.15) is 27.6 Å². The van der Waals surface area contributed by atoms with Crippen LogP contribution in [0.15, 0.2) is 42.6 Å². The average molecular weight is 270 g/mol. The number of pyridine rings is 1. The van der Waals surface area contributed by atoms with Gasteiger partial charge in [-0.3, -0.25) is 9.59 Å². The summed E-state index contributed by atoms with van der Waals surface area (Å²) in [5, 5.41) is 2.72. The zero-order valence-corrected chi connectivity index (χ0v) is 11.2. The van der Waals surface area contributed by atoms with Crippen molar-refractivity contribution < 1.29 is 14.3 Å². The van der Waals surface area contributed by atoms with Gasteiger partial charge in [0.05, 0.1) is 12.7 Å². The molecule has 0 aliphatic carbocycles.